The molecule has 0 aliphatic heterocycles. The number of rotatable bonds is 1. The molecule has 0 bridgehead atoms. The van der Waals surface area contributed by atoms with E-state index in [0.717, 1.165) is 17.0 Å². The molecular weight excluding hydrogens is 198 g/mol. The zero-order chi connectivity index (χ0) is 9.42. The lowest BCUT2D eigenvalue weighted by molar-refractivity contribution is 1.17. The minimum atomic E-state index is 0.840. The van der Waals surface area contributed by atoms with E-state index in [9.17, 15) is 0 Å². The molecule has 0 radical (unpaired) electrons. The van der Waals surface area contributed by atoms with E-state index in [1.165, 1.54) is 15.6 Å². The topological polar surface area (TPSA) is 26.0 Å². The molecule has 2 aromatic rings. The first-order valence-corrected chi connectivity index (χ1v) is 5.53. The molecule has 0 aliphatic rings. The second kappa shape index (κ2) is 3.24. The average Bonchev–Trinajstić information content (AvgIpc) is 2.47. The van der Waals surface area contributed by atoms with Gasteiger partial charge in [0.1, 0.15) is 0 Å². The van der Waals surface area contributed by atoms with Gasteiger partial charge < -0.3 is 5.73 Å². The molecule has 0 fully saturated rings. The summed E-state index contributed by atoms with van der Waals surface area (Å²) in [5.74, 6) is 0. The van der Waals surface area contributed by atoms with Crippen molar-refractivity contribution in [1.29, 1.82) is 0 Å². The maximum Gasteiger partial charge on any atom is 0.0575 e. The van der Waals surface area contributed by atoms with Crippen molar-refractivity contribution in [1.82, 2.24) is 0 Å². The fourth-order valence-electron chi connectivity index (χ4n) is 1.47. The molecule has 0 saturated heterocycles. The van der Waals surface area contributed by atoms with Gasteiger partial charge in [-0.1, -0.05) is 6.92 Å². The molecule has 0 amide bonds. The van der Waals surface area contributed by atoms with E-state index in [-0.39, 0.29) is 0 Å². The van der Waals surface area contributed by atoms with Gasteiger partial charge in [-0.05, 0) is 34.9 Å². The van der Waals surface area contributed by atoms with Gasteiger partial charge in [0, 0.05) is 4.90 Å². The molecule has 1 aromatic heterocycles. The molecule has 0 spiro atoms. The van der Waals surface area contributed by atoms with Gasteiger partial charge in [-0.3, -0.25) is 0 Å². The minimum absolute atomic E-state index is 0.840. The zero-order valence-corrected chi connectivity index (χ0v) is 9.08. The normalized spacial score (nSPS) is 10.9. The van der Waals surface area contributed by atoms with E-state index in [0.29, 0.717) is 0 Å². The third-order valence-electron chi connectivity index (χ3n) is 2.15. The highest BCUT2D eigenvalue weighted by Crippen LogP contribution is 2.33. The lowest BCUT2D eigenvalue weighted by Crippen LogP contribution is -1.85. The first kappa shape index (κ1) is 8.91. The van der Waals surface area contributed by atoms with Crippen LogP contribution >= 0.6 is 24.0 Å². The average molecular weight is 209 g/mol. The summed E-state index contributed by atoms with van der Waals surface area (Å²) in [4.78, 5) is 0.943. The maximum atomic E-state index is 5.89. The summed E-state index contributed by atoms with van der Waals surface area (Å²) in [6, 6.07) is 3.99. The number of aryl methyl sites for hydroxylation is 1. The van der Waals surface area contributed by atoms with E-state index >= 15 is 0 Å². The van der Waals surface area contributed by atoms with Crippen molar-refractivity contribution in [2.45, 2.75) is 18.2 Å². The van der Waals surface area contributed by atoms with Crippen LogP contribution in [0.1, 0.15) is 12.5 Å². The molecule has 0 unspecified atom stereocenters. The monoisotopic (exact) mass is 209 g/mol. The Morgan fingerprint density at radius 3 is 2.92 bits per heavy atom. The third-order valence-corrected chi connectivity index (χ3v) is 3.50. The fraction of sp³-hybridized carbons (Fsp3) is 0.200. The molecule has 13 heavy (non-hydrogen) atoms. The largest absolute Gasteiger partial charge is 0.398 e. The highest BCUT2D eigenvalue weighted by atomic mass is 32.1. The number of fused-ring (bicyclic) bond motifs is 1. The SMILES string of the molecule is CCc1csc2c(N)cc(S)cc12. The quantitative estimate of drug-likeness (QED) is 0.547. The van der Waals surface area contributed by atoms with Crippen molar-refractivity contribution in [2.75, 3.05) is 5.73 Å². The lowest BCUT2D eigenvalue weighted by Gasteiger charge is -1.99. The number of hydrogen-bond acceptors (Lipinski definition) is 3. The summed E-state index contributed by atoms with van der Waals surface area (Å²) in [6.45, 7) is 2.16. The summed E-state index contributed by atoms with van der Waals surface area (Å²) in [7, 11) is 0. The Bertz CT molecular complexity index is 445. The smallest absolute Gasteiger partial charge is 0.0575 e. The van der Waals surface area contributed by atoms with Crippen molar-refractivity contribution in [3.05, 3.63) is 23.1 Å². The summed E-state index contributed by atoms with van der Waals surface area (Å²) >= 11 is 6.03. The standard InChI is InChI=1S/C10H11NS2/c1-2-6-5-13-10-8(6)3-7(12)4-9(10)11/h3-5,12H,2,11H2,1H3. The van der Waals surface area contributed by atoms with Gasteiger partial charge in [0.15, 0.2) is 0 Å². The highest BCUT2D eigenvalue weighted by molar-refractivity contribution is 7.80. The number of benzene rings is 1. The van der Waals surface area contributed by atoms with Gasteiger partial charge in [-0.2, -0.15) is 0 Å². The van der Waals surface area contributed by atoms with Crippen molar-refractivity contribution >= 4 is 39.7 Å². The van der Waals surface area contributed by atoms with Gasteiger partial charge in [-0.15, -0.1) is 24.0 Å². The Kier molecular flexibility index (Phi) is 2.22. The van der Waals surface area contributed by atoms with Gasteiger partial charge in [0.25, 0.3) is 0 Å². The van der Waals surface area contributed by atoms with Crippen molar-refractivity contribution < 1.29 is 0 Å². The van der Waals surface area contributed by atoms with Crippen LogP contribution in [0.5, 0.6) is 0 Å². The highest BCUT2D eigenvalue weighted by Gasteiger charge is 2.05. The van der Waals surface area contributed by atoms with Crippen molar-refractivity contribution in [3.8, 4) is 0 Å². The molecule has 0 saturated carbocycles. The van der Waals surface area contributed by atoms with Crippen LogP contribution < -0.4 is 5.73 Å². The number of hydrogen-bond donors (Lipinski definition) is 2. The Morgan fingerprint density at radius 1 is 1.46 bits per heavy atom. The Labute approximate surface area is 87.0 Å². The molecule has 0 aliphatic carbocycles. The Balaban J connectivity index is 2.82. The molecule has 1 heterocycles. The van der Waals surface area contributed by atoms with E-state index in [2.05, 4.69) is 31.0 Å². The molecular formula is C10H11NS2. The molecule has 0 atom stereocenters. The first-order valence-electron chi connectivity index (χ1n) is 4.21. The van der Waals surface area contributed by atoms with E-state index in [4.69, 9.17) is 5.73 Å². The number of thiol groups is 1. The Hall–Kier alpha value is -0.670. The van der Waals surface area contributed by atoms with Crippen LogP contribution in [0.3, 0.4) is 0 Å². The van der Waals surface area contributed by atoms with E-state index < -0.39 is 0 Å². The predicted molar refractivity (Wildman–Crippen MR) is 62.9 cm³/mol. The van der Waals surface area contributed by atoms with Crippen LogP contribution in [-0.2, 0) is 6.42 Å². The van der Waals surface area contributed by atoms with E-state index in [1.807, 2.05) is 6.07 Å². The summed E-state index contributed by atoms with van der Waals surface area (Å²) in [5, 5.41) is 3.44. The van der Waals surface area contributed by atoms with Gasteiger partial charge in [0.2, 0.25) is 0 Å². The maximum absolute atomic E-state index is 5.89. The number of nitrogen functional groups attached to an aromatic ring is 1. The van der Waals surface area contributed by atoms with Gasteiger partial charge in [0.05, 0.1) is 10.4 Å². The van der Waals surface area contributed by atoms with Crippen molar-refractivity contribution in [3.63, 3.8) is 0 Å². The van der Waals surface area contributed by atoms with Gasteiger partial charge >= 0.3 is 0 Å². The van der Waals surface area contributed by atoms with Crippen LogP contribution in [0.2, 0.25) is 0 Å². The van der Waals surface area contributed by atoms with E-state index in [1.54, 1.807) is 11.3 Å². The van der Waals surface area contributed by atoms with Crippen molar-refractivity contribution in [2.24, 2.45) is 0 Å². The molecule has 2 N–H and O–H groups in total. The van der Waals surface area contributed by atoms with Gasteiger partial charge in [-0.25, -0.2) is 0 Å². The third kappa shape index (κ3) is 1.42. The minimum Gasteiger partial charge on any atom is -0.398 e. The Morgan fingerprint density at radius 2 is 2.23 bits per heavy atom. The van der Waals surface area contributed by atoms with Crippen LogP contribution in [0, 0.1) is 0 Å². The second-order valence-electron chi connectivity index (χ2n) is 3.03. The van der Waals surface area contributed by atoms with Crippen LogP contribution in [-0.4, -0.2) is 0 Å². The first-order chi connectivity index (χ1) is 6.22. The number of anilines is 1. The van der Waals surface area contributed by atoms with Crippen LogP contribution in [0.15, 0.2) is 22.4 Å². The summed E-state index contributed by atoms with van der Waals surface area (Å²) in [6.07, 6.45) is 1.05. The summed E-state index contributed by atoms with van der Waals surface area (Å²) < 4.78 is 1.19. The summed E-state index contributed by atoms with van der Waals surface area (Å²) in [5.41, 5.74) is 8.09. The molecule has 1 aromatic carbocycles. The van der Waals surface area contributed by atoms with Crippen LogP contribution in [0.4, 0.5) is 5.69 Å². The molecule has 1 nitrogen and oxygen atoms in total. The fourth-order valence-corrected chi connectivity index (χ4v) is 2.81. The molecule has 68 valence electrons. The lowest BCUT2D eigenvalue weighted by atomic mass is 10.1. The zero-order valence-electron chi connectivity index (χ0n) is 7.37. The van der Waals surface area contributed by atoms with Crippen LogP contribution in [0.25, 0.3) is 10.1 Å². The molecule has 2 rings (SSSR count). The predicted octanol–water partition coefficient (Wildman–Crippen LogP) is 3.33. The number of nitrogens with two attached hydrogens (primary N) is 1. The second-order valence-corrected chi connectivity index (χ2v) is 4.42. The number of thiophene rings is 1. The molecule has 3 heteroatoms.